The molecule has 0 atom stereocenters. The predicted octanol–water partition coefficient (Wildman–Crippen LogP) is 4.26. The van der Waals surface area contributed by atoms with E-state index in [1.54, 1.807) is 6.07 Å². The maximum atomic E-state index is 14.5. The fourth-order valence-corrected chi connectivity index (χ4v) is 3.92. The van der Waals surface area contributed by atoms with Crippen LogP contribution in [0.4, 0.5) is 4.39 Å². The zero-order chi connectivity index (χ0) is 19.0. The Morgan fingerprint density at radius 2 is 2.04 bits per heavy atom. The molecule has 7 heteroatoms. The molecule has 0 radical (unpaired) electrons. The Balaban J connectivity index is 1.64. The Labute approximate surface area is 158 Å². The molecule has 1 saturated heterocycles. The lowest BCUT2D eigenvalue weighted by molar-refractivity contribution is 0.194. The highest BCUT2D eigenvalue weighted by Gasteiger charge is 2.26. The molecule has 0 saturated carbocycles. The minimum Gasteiger partial charge on any atom is -0.337 e. The highest BCUT2D eigenvalue weighted by Crippen LogP contribution is 2.30. The molecule has 1 aliphatic heterocycles. The first kappa shape index (κ1) is 18.1. The molecule has 6 nitrogen and oxygen atoms in total. The first-order valence-corrected chi connectivity index (χ1v) is 9.82. The molecule has 0 spiro atoms. The van der Waals surface area contributed by atoms with Crippen molar-refractivity contribution in [2.45, 2.75) is 51.9 Å². The third-order valence-electron chi connectivity index (χ3n) is 5.33. The van der Waals surface area contributed by atoms with Crippen LogP contribution >= 0.6 is 0 Å². The van der Waals surface area contributed by atoms with E-state index in [0.29, 0.717) is 17.4 Å². The zero-order valence-electron chi connectivity index (χ0n) is 16.2. The lowest BCUT2D eigenvalue weighted by atomic mass is 9.97. The molecular formula is C20H26FN5O. The minimum absolute atomic E-state index is 0.171. The van der Waals surface area contributed by atoms with Gasteiger partial charge in [0.1, 0.15) is 11.3 Å². The molecule has 0 amide bonds. The molecule has 1 aliphatic rings. The maximum Gasteiger partial charge on any atom is 0.291 e. The van der Waals surface area contributed by atoms with Gasteiger partial charge in [-0.3, -0.25) is 0 Å². The number of aromatic nitrogens is 4. The standard InChI is InChI=1S/C20H26FN5O/c1-4-10-25-11-8-14(9-12-25)19-22-20(24-27-19)26-18-15(6-5-7-16(18)21)17(23-26)13(2)3/h5-7,13-14H,4,8-12H2,1-3H3. The maximum absolute atomic E-state index is 14.5. The normalized spacial score (nSPS) is 16.6. The number of rotatable bonds is 5. The van der Waals surface area contributed by atoms with Crippen LogP contribution in [0.2, 0.25) is 0 Å². The molecule has 4 rings (SSSR count). The minimum atomic E-state index is -0.328. The first-order chi connectivity index (χ1) is 13.1. The van der Waals surface area contributed by atoms with E-state index in [1.807, 2.05) is 19.9 Å². The second kappa shape index (κ2) is 7.38. The average Bonchev–Trinajstić information content (AvgIpc) is 3.28. The van der Waals surface area contributed by atoms with Crippen LogP contribution in [0.1, 0.15) is 63.5 Å². The number of hydrogen-bond donors (Lipinski definition) is 0. The van der Waals surface area contributed by atoms with Gasteiger partial charge in [0.2, 0.25) is 5.89 Å². The van der Waals surface area contributed by atoms with E-state index in [9.17, 15) is 4.39 Å². The van der Waals surface area contributed by atoms with E-state index >= 15 is 0 Å². The summed E-state index contributed by atoms with van der Waals surface area (Å²) in [6, 6.07) is 5.04. The number of fused-ring (bicyclic) bond motifs is 1. The molecule has 3 heterocycles. The monoisotopic (exact) mass is 371 g/mol. The molecular weight excluding hydrogens is 345 g/mol. The van der Waals surface area contributed by atoms with Gasteiger partial charge in [0.05, 0.1) is 5.69 Å². The second-order valence-corrected chi connectivity index (χ2v) is 7.64. The van der Waals surface area contributed by atoms with Gasteiger partial charge in [0.15, 0.2) is 0 Å². The fourth-order valence-electron chi connectivity index (χ4n) is 3.92. The Morgan fingerprint density at radius 1 is 1.26 bits per heavy atom. The van der Waals surface area contributed by atoms with Gasteiger partial charge in [-0.2, -0.15) is 14.8 Å². The molecule has 144 valence electrons. The van der Waals surface area contributed by atoms with E-state index in [0.717, 1.165) is 43.6 Å². The zero-order valence-corrected chi connectivity index (χ0v) is 16.2. The third kappa shape index (κ3) is 3.36. The van der Waals surface area contributed by atoms with Crippen molar-refractivity contribution >= 4 is 10.9 Å². The van der Waals surface area contributed by atoms with Gasteiger partial charge in [-0.05, 0) is 56.0 Å². The molecule has 0 unspecified atom stereocenters. The molecule has 3 aromatic rings. The van der Waals surface area contributed by atoms with Crippen LogP contribution in [0, 0.1) is 5.82 Å². The van der Waals surface area contributed by atoms with E-state index in [4.69, 9.17) is 4.52 Å². The predicted molar refractivity (Wildman–Crippen MR) is 102 cm³/mol. The van der Waals surface area contributed by atoms with Crippen molar-refractivity contribution < 1.29 is 8.91 Å². The van der Waals surface area contributed by atoms with E-state index in [2.05, 4.69) is 27.1 Å². The van der Waals surface area contributed by atoms with E-state index in [1.165, 1.54) is 17.2 Å². The van der Waals surface area contributed by atoms with Crippen LogP contribution in [0.3, 0.4) is 0 Å². The molecule has 2 aromatic heterocycles. The summed E-state index contributed by atoms with van der Waals surface area (Å²) in [6.07, 6.45) is 3.19. The van der Waals surface area contributed by atoms with Gasteiger partial charge in [-0.15, -0.1) is 0 Å². The van der Waals surface area contributed by atoms with E-state index < -0.39 is 0 Å². The number of halogens is 1. The first-order valence-electron chi connectivity index (χ1n) is 9.82. The Hall–Kier alpha value is -2.28. The molecule has 27 heavy (non-hydrogen) atoms. The number of para-hydroxylation sites is 1. The Bertz CT molecular complexity index is 924. The summed E-state index contributed by atoms with van der Waals surface area (Å²) in [5.74, 6) is 1.04. The summed E-state index contributed by atoms with van der Waals surface area (Å²) >= 11 is 0. The summed E-state index contributed by atoms with van der Waals surface area (Å²) < 4.78 is 21.6. The summed E-state index contributed by atoms with van der Waals surface area (Å²) in [5, 5.41) is 9.51. The quantitative estimate of drug-likeness (QED) is 0.671. The number of likely N-dealkylation sites (tertiary alicyclic amines) is 1. The van der Waals surface area contributed by atoms with Crippen LogP contribution in [0.25, 0.3) is 16.9 Å². The SMILES string of the molecule is CCCN1CCC(c2nc(-n3nc(C(C)C)c4cccc(F)c43)no2)CC1. The van der Waals surface area contributed by atoms with Crippen molar-refractivity contribution in [3.63, 3.8) is 0 Å². The smallest absolute Gasteiger partial charge is 0.291 e. The van der Waals surface area contributed by atoms with Crippen LogP contribution in [0.5, 0.6) is 0 Å². The largest absolute Gasteiger partial charge is 0.337 e. The summed E-state index contributed by atoms with van der Waals surface area (Å²) in [7, 11) is 0. The van der Waals surface area contributed by atoms with Crippen LogP contribution in [-0.2, 0) is 0 Å². The summed E-state index contributed by atoms with van der Waals surface area (Å²) in [5.41, 5.74) is 1.25. The highest BCUT2D eigenvalue weighted by atomic mass is 19.1. The van der Waals surface area contributed by atoms with Crippen molar-refractivity contribution in [2.24, 2.45) is 0 Å². The molecule has 0 N–H and O–H groups in total. The van der Waals surface area contributed by atoms with Gasteiger partial charge < -0.3 is 9.42 Å². The van der Waals surface area contributed by atoms with Crippen molar-refractivity contribution in [1.29, 1.82) is 0 Å². The fraction of sp³-hybridized carbons (Fsp3) is 0.550. The van der Waals surface area contributed by atoms with Gasteiger partial charge in [-0.25, -0.2) is 4.39 Å². The van der Waals surface area contributed by atoms with E-state index in [-0.39, 0.29) is 17.7 Å². The summed E-state index contributed by atoms with van der Waals surface area (Å²) in [6.45, 7) is 9.53. The summed E-state index contributed by atoms with van der Waals surface area (Å²) in [4.78, 5) is 7.05. The van der Waals surface area contributed by atoms with Gasteiger partial charge >= 0.3 is 0 Å². The van der Waals surface area contributed by atoms with Crippen molar-refractivity contribution in [2.75, 3.05) is 19.6 Å². The Kier molecular flexibility index (Phi) is 4.95. The third-order valence-corrected chi connectivity index (χ3v) is 5.33. The average molecular weight is 371 g/mol. The van der Waals surface area contributed by atoms with Crippen LogP contribution in [0.15, 0.2) is 22.7 Å². The van der Waals surface area contributed by atoms with Gasteiger partial charge in [0.25, 0.3) is 5.95 Å². The highest BCUT2D eigenvalue weighted by molar-refractivity contribution is 5.84. The topological polar surface area (TPSA) is 60.0 Å². The van der Waals surface area contributed by atoms with Crippen LogP contribution in [-0.4, -0.2) is 44.5 Å². The van der Waals surface area contributed by atoms with Crippen molar-refractivity contribution in [3.8, 4) is 5.95 Å². The number of piperidine rings is 1. The van der Waals surface area contributed by atoms with Gasteiger partial charge in [0, 0.05) is 11.3 Å². The number of hydrogen-bond acceptors (Lipinski definition) is 5. The van der Waals surface area contributed by atoms with Gasteiger partial charge in [-0.1, -0.05) is 32.9 Å². The molecule has 0 aliphatic carbocycles. The number of nitrogens with zero attached hydrogens (tertiary/aromatic N) is 5. The number of benzene rings is 1. The van der Waals surface area contributed by atoms with Crippen molar-refractivity contribution in [3.05, 3.63) is 35.6 Å². The van der Waals surface area contributed by atoms with Crippen molar-refractivity contribution in [1.82, 2.24) is 24.8 Å². The Morgan fingerprint density at radius 3 is 2.74 bits per heavy atom. The lowest BCUT2D eigenvalue weighted by Gasteiger charge is -2.29. The molecule has 1 aromatic carbocycles. The molecule has 0 bridgehead atoms. The second-order valence-electron chi connectivity index (χ2n) is 7.64. The van der Waals surface area contributed by atoms with Crippen LogP contribution < -0.4 is 0 Å². The molecule has 1 fully saturated rings. The lowest BCUT2D eigenvalue weighted by Crippen LogP contribution is -2.33.